The molecular weight excluding hydrogens is 302 g/mol. The van der Waals surface area contributed by atoms with Gasteiger partial charge in [-0.25, -0.2) is 4.99 Å². The van der Waals surface area contributed by atoms with Gasteiger partial charge < -0.3 is 14.3 Å². The molecule has 0 aliphatic heterocycles. The average molecular weight is 315 g/mol. The molecule has 23 heavy (non-hydrogen) atoms. The van der Waals surface area contributed by atoms with Crippen LogP contribution in [0, 0.1) is 35.3 Å². The number of hydrogen-bond donors (Lipinski definition) is 1. The Labute approximate surface area is 131 Å². The average Bonchev–Trinajstić information content (AvgIpc) is 2.80. The summed E-state index contributed by atoms with van der Waals surface area (Å²) in [4.78, 5) is 14.3. The highest BCUT2D eigenvalue weighted by Crippen LogP contribution is 2.36. The Balaban J connectivity index is 2.48. The molecule has 0 unspecified atom stereocenters. The lowest BCUT2D eigenvalue weighted by Crippen LogP contribution is -1.94. The van der Waals surface area contributed by atoms with E-state index < -0.39 is 16.4 Å². The van der Waals surface area contributed by atoms with Gasteiger partial charge in [0.1, 0.15) is 17.4 Å². The molecule has 0 radical (unpaired) electrons. The van der Waals surface area contributed by atoms with Crippen molar-refractivity contribution in [2.45, 2.75) is 13.8 Å². The van der Waals surface area contributed by atoms with Crippen LogP contribution >= 0.6 is 0 Å². The molecule has 1 aromatic heterocycles. The molecule has 0 saturated carbocycles. The predicted molar refractivity (Wildman–Crippen MR) is 81.5 cm³/mol. The number of phenolic OH excluding ortho intramolecular Hbond substituents is 1. The number of phenols is 1. The lowest BCUT2D eigenvalue weighted by molar-refractivity contribution is -0.386. The van der Waals surface area contributed by atoms with Crippen LogP contribution < -0.4 is 4.74 Å². The van der Waals surface area contributed by atoms with Crippen molar-refractivity contribution in [1.82, 2.24) is 0 Å². The molecule has 0 fully saturated rings. The molecule has 0 amide bonds. The number of nitro benzene ring substituents is 1. The number of furan rings is 1. The summed E-state index contributed by atoms with van der Waals surface area (Å²) in [6, 6.07) is 4.54. The summed E-state index contributed by atoms with van der Waals surface area (Å²) >= 11 is 0. The Morgan fingerprint density at radius 1 is 1.48 bits per heavy atom. The van der Waals surface area contributed by atoms with Gasteiger partial charge in [-0.3, -0.25) is 10.1 Å². The highest BCUT2D eigenvalue weighted by molar-refractivity contribution is 5.85. The van der Waals surface area contributed by atoms with Crippen molar-refractivity contribution < 1.29 is 19.2 Å². The maximum absolute atomic E-state index is 10.9. The van der Waals surface area contributed by atoms with Gasteiger partial charge in [0.05, 0.1) is 12.0 Å². The van der Waals surface area contributed by atoms with Crippen molar-refractivity contribution in [3.8, 4) is 17.6 Å². The van der Waals surface area contributed by atoms with Gasteiger partial charge in [-0.1, -0.05) is 0 Å². The van der Waals surface area contributed by atoms with Gasteiger partial charge in [-0.05, 0) is 19.9 Å². The van der Waals surface area contributed by atoms with Crippen LogP contribution in [0.3, 0.4) is 0 Å². The van der Waals surface area contributed by atoms with Crippen LogP contribution in [0.25, 0.3) is 0 Å². The molecule has 2 aromatic rings. The van der Waals surface area contributed by atoms with Gasteiger partial charge in [0.2, 0.25) is 11.6 Å². The zero-order chi connectivity index (χ0) is 17.1. The Morgan fingerprint density at radius 3 is 2.74 bits per heavy atom. The fraction of sp³-hybridized carbons (Fsp3) is 0.200. The number of rotatable bonds is 4. The molecular formula is C15H13N3O5. The lowest BCUT2D eigenvalue weighted by Gasteiger charge is -2.04. The molecule has 118 valence electrons. The minimum Gasteiger partial charge on any atom is -0.500 e. The SMILES string of the molecule is COc1cc(C=Nc2oc(C)c(C)c2C#N)cc([N+](=O)[O-])c1O. The zero-order valence-corrected chi connectivity index (χ0v) is 12.7. The minimum atomic E-state index is -0.725. The molecule has 1 aromatic carbocycles. The first-order chi connectivity index (χ1) is 10.9. The second-order valence-electron chi connectivity index (χ2n) is 4.68. The minimum absolute atomic E-state index is 0.0482. The Bertz CT molecular complexity index is 846. The van der Waals surface area contributed by atoms with Crippen LogP contribution in [0.4, 0.5) is 11.6 Å². The largest absolute Gasteiger partial charge is 0.500 e. The third-order valence-electron chi connectivity index (χ3n) is 3.30. The number of nitriles is 1. The number of nitrogens with zero attached hydrogens (tertiary/aromatic N) is 3. The zero-order valence-electron chi connectivity index (χ0n) is 12.7. The van der Waals surface area contributed by atoms with E-state index >= 15 is 0 Å². The monoisotopic (exact) mass is 315 g/mol. The number of aliphatic imine (C=N–C) groups is 1. The maximum Gasteiger partial charge on any atom is 0.315 e. The lowest BCUT2D eigenvalue weighted by atomic mass is 10.1. The van der Waals surface area contributed by atoms with E-state index in [1.54, 1.807) is 13.8 Å². The molecule has 0 aliphatic carbocycles. The Kier molecular flexibility index (Phi) is 4.32. The van der Waals surface area contributed by atoms with Gasteiger partial charge in [-0.2, -0.15) is 5.26 Å². The fourth-order valence-corrected chi connectivity index (χ4v) is 1.95. The third-order valence-corrected chi connectivity index (χ3v) is 3.30. The van der Waals surface area contributed by atoms with Gasteiger partial charge in [0.15, 0.2) is 5.75 Å². The number of hydrogen-bond acceptors (Lipinski definition) is 7. The Morgan fingerprint density at radius 2 is 2.17 bits per heavy atom. The molecule has 1 heterocycles. The summed E-state index contributed by atoms with van der Waals surface area (Å²) in [5.74, 6) is 0.0881. The smallest absolute Gasteiger partial charge is 0.315 e. The summed E-state index contributed by atoms with van der Waals surface area (Å²) in [5.41, 5.74) is 0.813. The van der Waals surface area contributed by atoms with Crippen molar-refractivity contribution in [1.29, 1.82) is 5.26 Å². The molecule has 0 atom stereocenters. The van der Waals surface area contributed by atoms with Gasteiger partial charge in [-0.15, -0.1) is 0 Å². The molecule has 0 spiro atoms. The topological polar surface area (TPSA) is 122 Å². The van der Waals surface area contributed by atoms with Crippen LogP contribution in [0.5, 0.6) is 11.5 Å². The summed E-state index contributed by atoms with van der Waals surface area (Å²) in [6.07, 6.45) is 1.30. The van der Waals surface area contributed by atoms with E-state index in [0.717, 1.165) is 6.07 Å². The first kappa shape index (κ1) is 16.0. The van der Waals surface area contributed by atoms with Crippen LogP contribution in [0.1, 0.15) is 22.5 Å². The summed E-state index contributed by atoms with van der Waals surface area (Å²) in [7, 11) is 1.28. The van der Waals surface area contributed by atoms with Crippen LogP contribution in [0.15, 0.2) is 21.5 Å². The number of benzene rings is 1. The summed E-state index contributed by atoms with van der Waals surface area (Å²) in [6.45, 7) is 3.45. The van der Waals surface area contributed by atoms with E-state index in [1.165, 1.54) is 19.4 Å². The second kappa shape index (κ2) is 6.19. The predicted octanol–water partition coefficient (Wildman–Crippen LogP) is 3.14. The number of methoxy groups -OCH3 is 1. The van der Waals surface area contributed by atoms with Gasteiger partial charge >= 0.3 is 5.69 Å². The third kappa shape index (κ3) is 2.98. The van der Waals surface area contributed by atoms with Crippen molar-refractivity contribution in [2.24, 2.45) is 4.99 Å². The van der Waals surface area contributed by atoms with E-state index in [9.17, 15) is 15.2 Å². The second-order valence-corrected chi connectivity index (χ2v) is 4.68. The fourth-order valence-electron chi connectivity index (χ4n) is 1.95. The first-order valence-electron chi connectivity index (χ1n) is 6.48. The standard InChI is InChI=1S/C15H13N3O5/c1-8-9(2)23-15(11(8)6-16)17-7-10-4-12(18(20)21)14(19)13(5-10)22-3/h4-5,7,19H,1-3H3. The number of nitro groups is 1. The first-order valence-corrected chi connectivity index (χ1v) is 6.48. The highest BCUT2D eigenvalue weighted by Gasteiger charge is 2.19. The van der Waals surface area contributed by atoms with Gasteiger partial charge in [0.25, 0.3) is 0 Å². The normalized spacial score (nSPS) is 10.7. The van der Waals surface area contributed by atoms with E-state index in [-0.39, 0.29) is 11.6 Å². The number of aromatic hydroxyl groups is 1. The van der Waals surface area contributed by atoms with Crippen molar-refractivity contribution in [3.63, 3.8) is 0 Å². The number of ether oxygens (including phenoxy) is 1. The van der Waals surface area contributed by atoms with Crippen LogP contribution in [-0.2, 0) is 0 Å². The van der Waals surface area contributed by atoms with E-state index in [0.29, 0.717) is 22.5 Å². The molecule has 0 aliphatic rings. The Hall–Kier alpha value is -3.34. The molecule has 1 N–H and O–H groups in total. The quantitative estimate of drug-likeness (QED) is 0.525. The highest BCUT2D eigenvalue weighted by atomic mass is 16.6. The molecule has 0 saturated heterocycles. The molecule has 0 bridgehead atoms. The summed E-state index contributed by atoms with van der Waals surface area (Å²) in [5, 5.41) is 29.8. The van der Waals surface area contributed by atoms with Gasteiger partial charge in [0, 0.05) is 23.4 Å². The van der Waals surface area contributed by atoms with Crippen molar-refractivity contribution in [3.05, 3.63) is 44.7 Å². The van der Waals surface area contributed by atoms with Crippen molar-refractivity contribution >= 4 is 17.8 Å². The van der Waals surface area contributed by atoms with Crippen LogP contribution in [0.2, 0.25) is 0 Å². The summed E-state index contributed by atoms with van der Waals surface area (Å²) < 4.78 is 10.3. The number of aryl methyl sites for hydroxylation is 1. The molecule has 8 nitrogen and oxygen atoms in total. The van der Waals surface area contributed by atoms with Crippen molar-refractivity contribution in [2.75, 3.05) is 7.11 Å². The van der Waals surface area contributed by atoms with E-state index in [1.807, 2.05) is 6.07 Å². The van der Waals surface area contributed by atoms with Crippen LogP contribution in [-0.4, -0.2) is 23.4 Å². The van der Waals surface area contributed by atoms with E-state index in [2.05, 4.69) is 4.99 Å². The maximum atomic E-state index is 10.9. The molecule has 8 heteroatoms. The molecule has 2 rings (SSSR count). The van der Waals surface area contributed by atoms with E-state index in [4.69, 9.17) is 14.4 Å².